The zero-order chi connectivity index (χ0) is 15.0. The second-order valence-corrected chi connectivity index (χ2v) is 6.85. The van der Waals surface area contributed by atoms with Crippen LogP contribution in [0.5, 0.6) is 0 Å². The SMILES string of the molecule is Nc1cc(F)cc(NS(=O)(=O)c2ccc3c(c2)CCC3)c1. The summed E-state index contributed by atoms with van der Waals surface area (Å²) in [5, 5.41) is 0. The summed E-state index contributed by atoms with van der Waals surface area (Å²) < 4.78 is 40.3. The highest BCUT2D eigenvalue weighted by molar-refractivity contribution is 7.92. The molecule has 0 bridgehead atoms. The average molecular weight is 306 g/mol. The van der Waals surface area contributed by atoms with Gasteiger partial charge in [-0.15, -0.1) is 0 Å². The van der Waals surface area contributed by atoms with Gasteiger partial charge in [-0.1, -0.05) is 6.07 Å². The number of hydrogen-bond acceptors (Lipinski definition) is 3. The van der Waals surface area contributed by atoms with Crippen molar-refractivity contribution in [2.45, 2.75) is 24.2 Å². The van der Waals surface area contributed by atoms with Gasteiger partial charge in [0, 0.05) is 5.69 Å². The summed E-state index contributed by atoms with van der Waals surface area (Å²) in [6.45, 7) is 0. The van der Waals surface area contributed by atoms with E-state index in [2.05, 4.69) is 4.72 Å². The molecule has 3 rings (SSSR count). The number of halogens is 1. The van der Waals surface area contributed by atoms with Gasteiger partial charge in [-0.25, -0.2) is 12.8 Å². The molecule has 0 atom stereocenters. The maximum Gasteiger partial charge on any atom is 0.261 e. The molecule has 0 heterocycles. The van der Waals surface area contributed by atoms with E-state index < -0.39 is 15.8 Å². The van der Waals surface area contributed by atoms with E-state index in [0.29, 0.717) is 0 Å². The van der Waals surface area contributed by atoms with Crippen LogP contribution >= 0.6 is 0 Å². The van der Waals surface area contributed by atoms with Gasteiger partial charge in [-0.3, -0.25) is 4.72 Å². The largest absolute Gasteiger partial charge is 0.399 e. The third kappa shape index (κ3) is 2.85. The number of nitrogen functional groups attached to an aromatic ring is 1. The van der Waals surface area contributed by atoms with E-state index >= 15 is 0 Å². The molecule has 110 valence electrons. The fourth-order valence-corrected chi connectivity index (χ4v) is 3.69. The fourth-order valence-electron chi connectivity index (χ4n) is 2.60. The first-order valence-electron chi connectivity index (χ1n) is 6.65. The lowest BCUT2D eigenvalue weighted by atomic mass is 10.1. The Kier molecular flexibility index (Phi) is 3.33. The summed E-state index contributed by atoms with van der Waals surface area (Å²) in [7, 11) is -3.74. The van der Waals surface area contributed by atoms with E-state index in [4.69, 9.17) is 5.73 Å². The van der Waals surface area contributed by atoms with Crippen LogP contribution in [-0.2, 0) is 22.9 Å². The highest BCUT2D eigenvalue weighted by Crippen LogP contribution is 2.26. The normalized spacial score (nSPS) is 14.0. The van der Waals surface area contributed by atoms with E-state index in [0.717, 1.165) is 37.0 Å². The van der Waals surface area contributed by atoms with Gasteiger partial charge in [0.15, 0.2) is 0 Å². The van der Waals surface area contributed by atoms with Crippen LogP contribution in [0.4, 0.5) is 15.8 Å². The Morgan fingerprint density at radius 3 is 2.57 bits per heavy atom. The van der Waals surface area contributed by atoms with Crippen molar-refractivity contribution in [1.29, 1.82) is 0 Å². The number of aryl methyl sites for hydroxylation is 2. The van der Waals surface area contributed by atoms with Crippen LogP contribution in [0.2, 0.25) is 0 Å². The number of hydrogen-bond donors (Lipinski definition) is 2. The van der Waals surface area contributed by atoms with E-state index in [1.54, 1.807) is 12.1 Å². The van der Waals surface area contributed by atoms with Crippen LogP contribution in [0.25, 0.3) is 0 Å². The zero-order valence-corrected chi connectivity index (χ0v) is 12.1. The van der Waals surface area contributed by atoms with Crippen molar-refractivity contribution in [3.8, 4) is 0 Å². The summed E-state index contributed by atoms with van der Waals surface area (Å²) >= 11 is 0. The molecule has 0 saturated carbocycles. The molecule has 0 unspecified atom stereocenters. The molecule has 2 aromatic carbocycles. The van der Waals surface area contributed by atoms with Gasteiger partial charge in [0.05, 0.1) is 10.6 Å². The van der Waals surface area contributed by atoms with Crippen LogP contribution in [0.15, 0.2) is 41.3 Å². The molecule has 0 saturated heterocycles. The first-order valence-corrected chi connectivity index (χ1v) is 8.13. The van der Waals surface area contributed by atoms with E-state index in [1.165, 1.54) is 11.6 Å². The number of nitrogens with one attached hydrogen (secondary N) is 1. The lowest BCUT2D eigenvalue weighted by Crippen LogP contribution is -2.13. The summed E-state index contributed by atoms with van der Waals surface area (Å²) in [5.74, 6) is -0.582. The van der Waals surface area contributed by atoms with Crippen LogP contribution in [0.3, 0.4) is 0 Å². The third-order valence-corrected chi connectivity index (χ3v) is 4.93. The van der Waals surface area contributed by atoms with Gasteiger partial charge < -0.3 is 5.73 Å². The lowest BCUT2D eigenvalue weighted by Gasteiger charge is -2.10. The minimum Gasteiger partial charge on any atom is -0.399 e. The molecule has 0 fully saturated rings. The topological polar surface area (TPSA) is 72.2 Å². The Morgan fingerprint density at radius 1 is 1.05 bits per heavy atom. The van der Waals surface area contributed by atoms with Crippen molar-refractivity contribution in [2.75, 3.05) is 10.5 Å². The quantitative estimate of drug-likeness (QED) is 0.856. The van der Waals surface area contributed by atoms with Crippen molar-refractivity contribution in [2.24, 2.45) is 0 Å². The Morgan fingerprint density at radius 2 is 1.81 bits per heavy atom. The molecule has 4 nitrogen and oxygen atoms in total. The lowest BCUT2D eigenvalue weighted by molar-refractivity contribution is 0.601. The van der Waals surface area contributed by atoms with Gasteiger partial charge in [0.1, 0.15) is 5.82 Å². The number of anilines is 2. The number of fused-ring (bicyclic) bond motifs is 1. The van der Waals surface area contributed by atoms with E-state index in [9.17, 15) is 12.8 Å². The summed E-state index contributed by atoms with van der Waals surface area (Å²) in [6, 6.07) is 8.72. The van der Waals surface area contributed by atoms with Crippen molar-refractivity contribution in [3.63, 3.8) is 0 Å². The molecule has 0 radical (unpaired) electrons. The van der Waals surface area contributed by atoms with Gasteiger partial charge in [-0.05, 0) is 60.7 Å². The van der Waals surface area contributed by atoms with Crippen molar-refractivity contribution in [1.82, 2.24) is 0 Å². The Hall–Kier alpha value is -2.08. The molecular formula is C15H15FN2O2S. The first kappa shape index (κ1) is 13.9. The number of nitrogens with two attached hydrogens (primary N) is 1. The summed E-state index contributed by atoms with van der Waals surface area (Å²) in [5.41, 5.74) is 8.07. The summed E-state index contributed by atoms with van der Waals surface area (Å²) in [4.78, 5) is 0.186. The molecule has 6 heteroatoms. The first-order chi connectivity index (χ1) is 9.94. The minimum absolute atomic E-state index is 0.119. The molecule has 21 heavy (non-hydrogen) atoms. The smallest absolute Gasteiger partial charge is 0.261 e. The van der Waals surface area contributed by atoms with Crippen LogP contribution in [-0.4, -0.2) is 8.42 Å². The molecule has 1 aliphatic rings. The van der Waals surface area contributed by atoms with Crippen LogP contribution in [0, 0.1) is 5.82 Å². The Bertz CT molecular complexity index is 783. The molecule has 0 amide bonds. The van der Waals surface area contributed by atoms with Crippen molar-refractivity contribution < 1.29 is 12.8 Å². The third-order valence-electron chi connectivity index (χ3n) is 3.55. The highest BCUT2D eigenvalue weighted by atomic mass is 32.2. The molecule has 0 aromatic heterocycles. The maximum atomic E-state index is 13.3. The average Bonchev–Trinajstić information content (AvgIpc) is 2.83. The van der Waals surface area contributed by atoms with Gasteiger partial charge in [0.2, 0.25) is 0 Å². The molecule has 0 spiro atoms. The predicted molar refractivity (Wildman–Crippen MR) is 80.1 cm³/mol. The standard InChI is InChI=1S/C15H15FN2O2S/c16-12-7-13(17)9-14(8-12)18-21(19,20)15-5-4-10-2-1-3-11(10)6-15/h4-9,18H,1-3,17H2. The highest BCUT2D eigenvalue weighted by Gasteiger charge is 2.18. The number of sulfonamides is 1. The Balaban J connectivity index is 1.93. The van der Waals surface area contributed by atoms with Gasteiger partial charge in [-0.2, -0.15) is 0 Å². The molecule has 0 aliphatic heterocycles. The predicted octanol–water partition coefficient (Wildman–Crippen LogP) is 2.70. The number of rotatable bonds is 3. The van der Waals surface area contributed by atoms with Gasteiger partial charge >= 0.3 is 0 Å². The Labute approximate surface area is 122 Å². The summed E-state index contributed by atoms with van der Waals surface area (Å²) in [6.07, 6.45) is 2.93. The number of benzene rings is 2. The minimum atomic E-state index is -3.74. The van der Waals surface area contributed by atoms with Gasteiger partial charge in [0.25, 0.3) is 10.0 Å². The van der Waals surface area contributed by atoms with Crippen LogP contribution in [0.1, 0.15) is 17.5 Å². The molecule has 1 aliphatic carbocycles. The monoisotopic (exact) mass is 306 g/mol. The second kappa shape index (κ2) is 5.04. The van der Waals surface area contributed by atoms with Crippen molar-refractivity contribution in [3.05, 3.63) is 53.3 Å². The molecule has 2 aromatic rings. The fraction of sp³-hybridized carbons (Fsp3) is 0.200. The van der Waals surface area contributed by atoms with E-state index in [1.807, 2.05) is 6.07 Å². The second-order valence-electron chi connectivity index (χ2n) is 5.16. The molecule has 3 N–H and O–H groups in total. The molecular weight excluding hydrogens is 291 g/mol. The zero-order valence-electron chi connectivity index (χ0n) is 11.3. The van der Waals surface area contributed by atoms with Crippen molar-refractivity contribution >= 4 is 21.4 Å². The van der Waals surface area contributed by atoms with Crippen LogP contribution < -0.4 is 10.5 Å². The van der Waals surface area contributed by atoms with E-state index in [-0.39, 0.29) is 16.3 Å². The maximum absolute atomic E-state index is 13.3.